The van der Waals surface area contributed by atoms with Gasteiger partial charge < -0.3 is 19.2 Å². The second kappa shape index (κ2) is 9.47. The van der Waals surface area contributed by atoms with Crippen molar-refractivity contribution in [2.45, 2.75) is 13.5 Å². The maximum Gasteiger partial charge on any atom is 0.344 e. The zero-order valence-electron chi connectivity index (χ0n) is 13.9. The van der Waals surface area contributed by atoms with Crippen molar-refractivity contribution in [3.05, 3.63) is 52.9 Å². The number of ether oxygens (including phenoxy) is 2. The summed E-state index contributed by atoms with van der Waals surface area (Å²) in [5.74, 6) is -0.672. The molecule has 26 heavy (non-hydrogen) atoms. The van der Waals surface area contributed by atoms with E-state index in [4.69, 9.17) is 25.5 Å². The van der Waals surface area contributed by atoms with Gasteiger partial charge in [0, 0.05) is 0 Å². The first-order valence-electron chi connectivity index (χ1n) is 7.58. The molecule has 1 aromatic heterocycles. The molecule has 3 amide bonds. The fourth-order valence-corrected chi connectivity index (χ4v) is 2.01. The Labute approximate surface area is 154 Å². The van der Waals surface area contributed by atoms with Gasteiger partial charge in [-0.25, -0.2) is 9.59 Å². The molecule has 0 aliphatic rings. The summed E-state index contributed by atoms with van der Waals surface area (Å²) in [5, 5.41) is 4.79. The number of carbonyl (C=O) groups is 3. The number of halogens is 1. The predicted octanol–water partition coefficient (Wildman–Crippen LogP) is 2.19. The summed E-state index contributed by atoms with van der Waals surface area (Å²) in [7, 11) is 0. The van der Waals surface area contributed by atoms with E-state index >= 15 is 0 Å². The molecule has 8 nitrogen and oxygen atoms in total. The number of benzene rings is 1. The van der Waals surface area contributed by atoms with Crippen LogP contribution in [0.25, 0.3) is 0 Å². The number of furan rings is 1. The van der Waals surface area contributed by atoms with Crippen LogP contribution < -0.4 is 15.4 Å². The highest BCUT2D eigenvalue weighted by Gasteiger charge is 2.12. The van der Waals surface area contributed by atoms with Crippen LogP contribution >= 0.6 is 11.6 Å². The highest BCUT2D eigenvalue weighted by molar-refractivity contribution is 6.32. The Kier molecular flexibility index (Phi) is 7.04. The number of amides is 3. The van der Waals surface area contributed by atoms with Crippen molar-refractivity contribution in [2.24, 2.45) is 0 Å². The fraction of sp³-hybridized carbons (Fsp3) is 0.235. The van der Waals surface area contributed by atoms with Gasteiger partial charge in [-0.1, -0.05) is 17.7 Å². The van der Waals surface area contributed by atoms with Crippen LogP contribution in [0.2, 0.25) is 5.02 Å². The highest BCUT2D eigenvalue weighted by atomic mass is 35.5. The lowest BCUT2D eigenvalue weighted by Crippen LogP contribution is -2.41. The maximum atomic E-state index is 11.6. The molecule has 0 aliphatic carbocycles. The molecule has 0 unspecified atom stereocenters. The molecule has 2 rings (SSSR count). The number of carbonyl (C=O) groups excluding carboxylic acids is 3. The van der Waals surface area contributed by atoms with Crippen molar-refractivity contribution in [3.8, 4) is 5.75 Å². The Bertz CT molecular complexity index is 776. The summed E-state index contributed by atoms with van der Waals surface area (Å²) in [4.78, 5) is 34.7. The summed E-state index contributed by atoms with van der Waals surface area (Å²) < 4.78 is 15.0. The minimum Gasteiger partial charge on any atom is -0.480 e. The first kappa shape index (κ1) is 19.3. The van der Waals surface area contributed by atoms with Gasteiger partial charge in [-0.2, -0.15) is 0 Å². The largest absolute Gasteiger partial charge is 0.480 e. The number of imide groups is 1. The Morgan fingerprint density at radius 2 is 2.00 bits per heavy atom. The van der Waals surface area contributed by atoms with Crippen molar-refractivity contribution in [1.29, 1.82) is 0 Å². The summed E-state index contributed by atoms with van der Waals surface area (Å²) >= 11 is 5.94. The number of hydrogen-bond acceptors (Lipinski definition) is 6. The highest BCUT2D eigenvalue weighted by Crippen LogP contribution is 2.25. The Morgan fingerprint density at radius 3 is 2.73 bits per heavy atom. The van der Waals surface area contributed by atoms with Crippen LogP contribution in [0.15, 0.2) is 41.0 Å². The van der Waals surface area contributed by atoms with E-state index < -0.39 is 31.1 Å². The van der Waals surface area contributed by atoms with E-state index in [-0.39, 0.29) is 6.54 Å². The lowest BCUT2D eigenvalue weighted by molar-refractivity contribution is -0.150. The third kappa shape index (κ3) is 6.48. The number of nitrogens with one attached hydrogen (secondary N) is 2. The number of hydrogen-bond donors (Lipinski definition) is 2. The van der Waals surface area contributed by atoms with Gasteiger partial charge in [0.25, 0.3) is 5.91 Å². The van der Waals surface area contributed by atoms with Gasteiger partial charge in [0.2, 0.25) is 0 Å². The first-order valence-corrected chi connectivity index (χ1v) is 7.96. The molecule has 0 bridgehead atoms. The summed E-state index contributed by atoms with van der Waals surface area (Å²) in [6.07, 6.45) is 1.46. The normalized spacial score (nSPS) is 10.1. The zero-order chi connectivity index (χ0) is 18.9. The molecule has 0 atom stereocenters. The first-order chi connectivity index (χ1) is 12.4. The molecule has 0 saturated heterocycles. The predicted molar refractivity (Wildman–Crippen MR) is 91.7 cm³/mol. The number of rotatable bonds is 7. The van der Waals surface area contributed by atoms with Crippen LogP contribution in [0.5, 0.6) is 5.75 Å². The molecule has 0 saturated carbocycles. The zero-order valence-corrected chi connectivity index (χ0v) is 14.7. The lowest BCUT2D eigenvalue weighted by atomic mass is 10.2. The Balaban J connectivity index is 1.65. The minimum absolute atomic E-state index is 0.122. The van der Waals surface area contributed by atoms with Gasteiger partial charge in [0.15, 0.2) is 13.2 Å². The molecular formula is C17H17ClN2O6. The summed E-state index contributed by atoms with van der Waals surface area (Å²) in [5.41, 5.74) is 0.915. The van der Waals surface area contributed by atoms with Crippen LogP contribution in [-0.4, -0.2) is 31.1 Å². The standard InChI is InChI=1S/C17H17ClN2O6/c1-11-4-5-13(18)14(7-11)25-10-16(22)26-9-15(21)20-17(23)19-8-12-3-2-6-24-12/h2-7H,8-10H2,1H3,(H2,19,20,21,23). The van der Waals surface area contributed by atoms with E-state index in [2.05, 4.69) is 5.32 Å². The van der Waals surface area contributed by atoms with E-state index in [1.165, 1.54) is 6.26 Å². The lowest BCUT2D eigenvalue weighted by Gasteiger charge is -2.09. The van der Waals surface area contributed by atoms with Crippen molar-refractivity contribution < 1.29 is 28.3 Å². The van der Waals surface area contributed by atoms with Crippen molar-refractivity contribution in [3.63, 3.8) is 0 Å². The van der Waals surface area contributed by atoms with Gasteiger partial charge in [-0.3, -0.25) is 10.1 Å². The molecule has 138 valence electrons. The molecule has 0 radical (unpaired) electrons. The van der Waals surface area contributed by atoms with Crippen molar-refractivity contribution >= 4 is 29.5 Å². The van der Waals surface area contributed by atoms with Crippen molar-refractivity contribution in [2.75, 3.05) is 13.2 Å². The third-order valence-corrected chi connectivity index (χ3v) is 3.36. The molecule has 0 spiro atoms. The number of aryl methyl sites for hydroxylation is 1. The molecule has 2 aromatic rings. The molecule has 1 heterocycles. The van der Waals surface area contributed by atoms with Crippen LogP contribution in [0.4, 0.5) is 4.79 Å². The van der Waals surface area contributed by atoms with Crippen molar-refractivity contribution in [1.82, 2.24) is 10.6 Å². The minimum atomic E-state index is -0.774. The average Bonchev–Trinajstić information content (AvgIpc) is 3.12. The van der Waals surface area contributed by atoms with Gasteiger partial charge in [-0.15, -0.1) is 0 Å². The summed E-state index contributed by atoms with van der Waals surface area (Å²) in [6, 6.07) is 7.73. The maximum absolute atomic E-state index is 11.6. The molecule has 0 aliphatic heterocycles. The Hall–Kier alpha value is -3.00. The van der Waals surface area contributed by atoms with E-state index in [1.807, 2.05) is 12.2 Å². The monoisotopic (exact) mass is 380 g/mol. The quantitative estimate of drug-likeness (QED) is 0.713. The summed E-state index contributed by atoms with van der Waals surface area (Å²) in [6.45, 7) is 0.943. The second-order valence-corrected chi connectivity index (χ2v) is 5.60. The van der Waals surface area contributed by atoms with Crippen LogP contribution in [0, 0.1) is 6.92 Å². The molecule has 2 N–H and O–H groups in total. The van der Waals surface area contributed by atoms with Crippen LogP contribution in [0.1, 0.15) is 11.3 Å². The molecule has 1 aromatic carbocycles. The van der Waals surface area contributed by atoms with Gasteiger partial charge in [0.1, 0.15) is 11.5 Å². The van der Waals surface area contributed by atoms with Crippen LogP contribution in [0.3, 0.4) is 0 Å². The second-order valence-electron chi connectivity index (χ2n) is 5.19. The molecular weight excluding hydrogens is 364 g/mol. The van der Waals surface area contributed by atoms with E-state index in [0.717, 1.165) is 5.56 Å². The topological polar surface area (TPSA) is 107 Å². The van der Waals surface area contributed by atoms with E-state index in [0.29, 0.717) is 16.5 Å². The number of esters is 1. The van der Waals surface area contributed by atoms with Gasteiger partial charge in [0.05, 0.1) is 17.8 Å². The third-order valence-electron chi connectivity index (χ3n) is 3.05. The molecule has 0 fully saturated rings. The van der Waals surface area contributed by atoms with E-state index in [1.54, 1.807) is 30.3 Å². The smallest absolute Gasteiger partial charge is 0.344 e. The Morgan fingerprint density at radius 1 is 1.19 bits per heavy atom. The van der Waals surface area contributed by atoms with Gasteiger partial charge >= 0.3 is 12.0 Å². The number of urea groups is 1. The van der Waals surface area contributed by atoms with E-state index in [9.17, 15) is 14.4 Å². The fourth-order valence-electron chi connectivity index (χ4n) is 1.83. The van der Waals surface area contributed by atoms with Crippen LogP contribution in [-0.2, 0) is 20.9 Å². The van der Waals surface area contributed by atoms with Gasteiger partial charge in [-0.05, 0) is 36.8 Å². The molecule has 9 heteroatoms. The SMILES string of the molecule is Cc1ccc(Cl)c(OCC(=O)OCC(=O)NC(=O)NCc2ccco2)c1. The average molecular weight is 381 g/mol.